The van der Waals surface area contributed by atoms with E-state index in [0.717, 1.165) is 55.2 Å². The van der Waals surface area contributed by atoms with Gasteiger partial charge in [-0.05, 0) is 50.4 Å². The van der Waals surface area contributed by atoms with Crippen molar-refractivity contribution in [2.24, 2.45) is 0 Å². The molecule has 2 aromatic heterocycles. The van der Waals surface area contributed by atoms with Crippen LogP contribution in [0.4, 0.5) is 0 Å². The molecule has 0 amide bonds. The zero-order chi connectivity index (χ0) is 28.5. The van der Waals surface area contributed by atoms with Crippen LogP contribution < -0.4 is 0 Å². The Morgan fingerprint density at radius 2 is 0.976 bits per heavy atom. The summed E-state index contributed by atoms with van der Waals surface area (Å²) in [5, 5.41) is 6.95. The van der Waals surface area contributed by atoms with Crippen LogP contribution in [0.1, 0.15) is 20.3 Å². The first-order valence-corrected chi connectivity index (χ1v) is 14.5. The highest BCUT2D eigenvalue weighted by atomic mass is 16.3. The van der Waals surface area contributed by atoms with Crippen molar-refractivity contribution in [2.45, 2.75) is 20.3 Å². The monoisotopic (exact) mass is 542 g/mol. The molecule has 8 aromatic rings. The molecule has 0 aliphatic carbocycles. The van der Waals surface area contributed by atoms with E-state index >= 15 is 0 Å². The Morgan fingerprint density at radius 3 is 1.60 bits per heavy atom. The minimum atomic E-state index is 0.741. The van der Waals surface area contributed by atoms with Crippen molar-refractivity contribution in [2.75, 3.05) is 0 Å². The predicted molar refractivity (Wildman–Crippen MR) is 177 cm³/mol. The van der Waals surface area contributed by atoms with Crippen LogP contribution in [-0.4, -0.2) is 9.97 Å². The highest BCUT2D eigenvalue weighted by Crippen LogP contribution is 2.43. The lowest BCUT2D eigenvalue weighted by Gasteiger charge is -2.17. The normalized spacial score (nSPS) is 11.2. The minimum absolute atomic E-state index is 0.741. The van der Waals surface area contributed by atoms with Crippen LogP contribution in [0.15, 0.2) is 138 Å². The highest BCUT2D eigenvalue weighted by molar-refractivity contribution is 6.20. The molecule has 42 heavy (non-hydrogen) atoms. The largest absolute Gasteiger partial charge is 0.455 e. The third-order valence-corrected chi connectivity index (χ3v) is 7.61. The van der Waals surface area contributed by atoms with Gasteiger partial charge in [-0.25, -0.2) is 9.97 Å². The van der Waals surface area contributed by atoms with E-state index in [9.17, 15) is 0 Å². The summed E-state index contributed by atoms with van der Waals surface area (Å²) in [6.45, 7) is 4.25. The van der Waals surface area contributed by atoms with Crippen molar-refractivity contribution in [3.63, 3.8) is 0 Å². The Balaban J connectivity index is 0.000000923. The molecule has 0 fully saturated rings. The first kappa shape index (κ1) is 25.7. The molecule has 3 heteroatoms. The van der Waals surface area contributed by atoms with Crippen LogP contribution in [0.25, 0.3) is 77.1 Å². The zero-order valence-corrected chi connectivity index (χ0v) is 23.7. The Labute approximate surface area is 245 Å². The summed E-state index contributed by atoms with van der Waals surface area (Å²) in [4.78, 5) is 9.23. The van der Waals surface area contributed by atoms with Crippen LogP contribution in [0.2, 0.25) is 0 Å². The third-order valence-electron chi connectivity index (χ3n) is 7.61. The summed E-state index contributed by atoms with van der Waals surface area (Å²) in [6, 6.07) is 42.5. The fourth-order valence-corrected chi connectivity index (χ4v) is 5.90. The van der Waals surface area contributed by atoms with E-state index in [0.29, 0.717) is 0 Å². The molecule has 0 saturated carbocycles. The summed E-state index contributed by atoms with van der Waals surface area (Å²) < 4.78 is 6.31. The van der Waals surface area contributed by atoms with Crippen molar-refractivity contribution in [1.82, 2.24) is 9.97 Å². The smallest absolute Gasteiger partial charge is 0.160 e. The maximum Gasteiger partial charge on any atom is 0.160 e. The van der Waals surface area contributed by atoms with Crippen LogP contribution in [0.3, 0.4) is 0 Å². The SMILES string of the molecule is CCC.c1cnc(-c2c3ccccc3c(-c3ccc(-c4cccc5c4oc4ccccc45)cc3)c3ccccc23)nc1. The Hall–Kier alpha value is -5.28. The second kappa shape index (κ2) is 10.9. The minimum Gasteiger partial charge on any atom is -0.455 e. The van der Waals surface area contributed by atoms with Gasteiger partial charge < -0.3 is 4.42 Å². The molecule has 0 radical (unpaired) electrons. The summed E-state index contributed by atoms with van der Waals surface area (Å²) in [6.07, 6.45) is 4.86. The summed E-state index contributed by atoms with van der Waals surface area (Å²) >= 11 is 0. The lowest BCUT2D eigenvalue weighted by atomic mass is 9.87. The van der Waals surface area contributed by atoms with E-state index in [-0.39, 0.29) is 0 Å². The van der Waals surface area contributed by atoms with Gasteiger partial charge in [-0.3, -0.25) is 0 Å². The molecule has 8 rings (SSSR count). The lowest BCUT2D eigenvalue weighted by Crippen LogP contribution is -1.93. The Morgan fingerprint density at radius 1 is 0.476 bits per heavy atom. The first-order valence-electron chi connectivity index (χ1n) is 14.5. The number of nitrogens with zero attached hydrogens (tertiary/aromatic N) is 2. The fourth-order valence-electron chi connectivity index (χ4n) is 5.90. The van der Waals surface area contributed by atoms with E-state index in [1.165, 1.54) is 28.3 Å². The van der Waals surface area contributed by atoms with E-state index in [1.54, 1.807) is 12.4 Å². The average Bonchev–Trinajstić information content (AvgIpc) is 3.43. The number of benzene rings is 6. The maximum atomic E-state index is 6.31. The van der Waals surface area contributed by atoms with Gasteiger partial charge in [-0.15, -0.1) is 0 Å². The third kappa shape index (κ3) is 4.31. The Kier molecular flexibility index (Phi) is 6.69. The van der Waals surface area contributed by atoms with E-state index in [4.69, 9.17) is 4.42 Å². The van der Waals surface area contributed by atoms with E-state index in [1.807, 2.05) is 18.2 Å². The fraction of sp³-hybridized carbons (Fsp3) is 0.0769. The standard InChI is InChI=1S/C36H22N2O.C3H8/c1-3-12-29-27(10-1)33(28-11-2-4-13-30(28)34(29)36-37-21-8-22-38-36)24-19-17-23(18-20-24)25-14-7-15-31-26-9-5-6-16-32(26)39-35(25)31;1-3-2/h1-22H;3H2,1-2H3. The first-order chi connectivity index (χ1) is 20.8. The van der Waals surface area contributed by atoms with E-state index in [2.05, 4.69) is 127 Å². The van der Waals surface area contributed by atoms with Crippen LogP contribution in [0, 0.1) is 0 Å². The molecule has 0 spiro atoms. The number of hydrogen-bond acceptors (Lipinski definition) is 3. The van der Waals surface area contributed by atoms with Crippen molar-refractivity contribution in [3.05, 3.63) is 134 Å². The van der Waals surface area contributed by atoms with Gasteiger partial charge in [0, 0.05) is 34.3 Å². The molecule has 3 nitrogen and oxygen atoms in total. The lowest BCUT2D eigenvalue weighted by molar-refractivity contribution is 0.670. The molecular weight excluding hydrogens is 512 g/mol. The topological polar surface area (TPSA) is 38.9 Å². The molecule has 0 aliphatic rings. The zero-order valence-electron chi connectivity index (χ0n) is 23.7. The number of para-hydroxylation sites is 2. The van der Waals surface area contributed by atoms with Gasteiger partial charge >= 0.3 is 0 Å². The van der Waals surface area contributed by atoms with Gasteiger partial charge in [0.1, 0.15) is 11.2 Å². The van der Waals surface area contributed by atoms with E-state index < -0.39 is 0 Å². The predicted octanol–water partition coefficient (Wildman–Crippen LogP) is 11.1. The highest BCUT2D eigenvalue weighted by Gasteiger charge is 2.18. The molecule has 6 aromatic carbocycles. The van der Waals surface area contributed by atoms with Crippen molar-refractivity contribution >= 4 is 43.5 Å². The second-order valence-electron chi connectivity index (χ2n) is 10.5. The van der Waals surface area contributed by atoms with Crippen molar-refractivity contribution in [3.8, 4) is 33.6 Å². The molecule has 0 N–H and O–H groups in total. The van der Waals surface area contributed by atoms with Gasteiger partial charge in [0.2, 0.25) is 0 Å². The number of rotatable bonds is 3. The quantitative estimate of drug-likeness (QED) is 0.208. The summed E-state index contributed by atoms with van der Waals surface area (Å²) in [5.74, 6) is 0.741. The van der Waals surface area contributed by atoms with Gasteiger partial charge in [0.05, 0.1) is 0 Å². The van der Waals surface area contributed by atoms with Crippen LogP contribution >= 0.6 is 0 Å². The van der Waals surface area contributed by atoms with Gasteiger partial charge in [0.25, 0.3) is 0 Å². The van der Waals surface area contributed by atoms with Gasteiger partial charge in [0.15, 0.2) is 5.82 Å². The molecule has 0 aliphatic heterocycles. The molecule has 202 valence electrons. The van der Waals surface area contributed by atoms with Crippen LogP contribution in [-0.2, 0) is 0 Å². The number of fused-ring (bicyclic) bond motifs is 5. The molecule has 0 saturated heterocycles. The van der Waals surface area contributed by atoms with Crippen molar-refractivity contribution < 1.29 is 4.42 Å². The van der Waals surface area contributed by atoms with Gasteiger partial charge in [-0.1, -0.05) is 129 Å². The number of hydrogen-bond donors (Lipinski definition) is 0. The molecule has 0 atom stereocenters. The number of furan rings is 1. The molecule has 0 unspecified atom stereocenters. The molecular formula is C39H30N2O. The average molecular weight is 543 g/mol. The summed E-state index contributed by atoms with van der Waals surface area (Å²) in [7, 11) is 0. The second-order valence-corrected chi connectivity index (χ2v) is 10.5. The van der Waals surface area contributed by atoms with Gasteiger partial charge in [-0.2, -0.15) is 0 Å². The maximum absolute atomic E-state index is 6.31. The summed E-state index contributed by atoms with van der Waals surface area (Å²) in [5.41, 5.74) is 7.52. The van der Waals surface area contributed by atoms with Crippen LogP contribution in [0.5, 0.6) is 0 Å². The van der Waals surface area contributed by atoms with Crippen molar-refractivity contribution in [1.29, 1.82) is 0 Å². The Bertz CT molecular complexity index is 2120. The number of aromatic nitrogens is 2. The molecule has 2 heterocycles. The molecule has 0 bridgehead atoms.